The molecule has 0 fully saturated rings. The topological polar surface area (TPSA) is 74.8 Å². The zero-order chi connectivity index (χ0) is 10.0. The zero-order valence-electron chi connectivity index (χ0n) is 6.97. The lowest BCUT2D eigenvalue weighted by Crippen LogP contribution is -2.10. The minimum atomic E-state index is -3.43. The quantitative estimate of drug-likeness (QED) is 0.832. The van der Waals surface area contributed by atoms with E-state index >= 15 is 0 Å². The molecule has 0 aromatic carbocycles. The highest BCUT2D eigenvalue weighted by Gasteiger charge is 2.14. The van der Waals surface area contributed by atoms with E-state index in [9.17, 15) is 8.42 Å². The Balaban J connectivity index is 2.27. The number of rotatable bonds is 3. The first-order valence-corrected chi connectivity index (χ1v) is 6.10. The minimum absolute atomic E-state index is 0.290. The first-order valence-electron chi connectivity index (χ1n) is 3.73. The van der Waals surface area contributed by atoms with Gasteiger partial charge in [0.05, 0.1) is 11.9 Å². The fourth-order valence-corrected chi connectivity index (χ4v) is 2.96. The molecule has 0 bridgehead atoms. The number of thiophene rings is 1. The van der Waals surface area contributed by atoms with E-state index in [0.717, 1.165) is 0 Å². The van der Waals surface area contributed by atoms with Crippen molar-refractivity contribution in [1.82, 2.24) is 10.2 Å². The smallest absolute Gasteiger partial charge is 0.271 e. The number of nitrogens with zero attached hydrogens (tertiary/aromatic N) is 1. The number of anilines is 1. The third kappa shape index (κ3) is 1.78. The van der Waals surface area contributed by atoms with E-state index in [0.29, 0.717) is 9.90 Å². The van der Waals surface area contributed by atoms with Crippen LogP contribution in [0.1, 0.15) is 0 Å². The summed E-state index contributed by atoms with van der Waals surface area (Å²) in [7, 11) is -3.43. The molecule has 74 valence electrons. The van der Waals surface area contributed by atoms with Gasteiger partial charge < -0.3 is 0 Å². The van der Waals surface area contributed by atoms with Gasteiger partial charge in [0.25, 0.3) is 10.0 Å². The standard InChI is InChI=1S/C7H7N3O2S2/c11-14(12,7-2-1-3-13-7)10-6-4-8-9-5-6/h1-5,10H,(H,8,9). The predicted octanol–water partition coefficient (Wildman–Crippen LogP) is 1.27. The molecule has 0 spiro atoms. The van der Waals surface area contributed by atoms with Crippen molar-refractivity contribution in [1.29, 1.82) is 0 Å². The number of hydrogen-bond acceptors (Lipinski definition) is 4. The molecule has 2 aromatic heterocycles. The minimum Gasteiger partial charge on any atom is -0.284 e. The van der Waals surface area contributed by atoms with E-state index in [2.05, 4.69) is 14.9 Å². The summed E-state index contributed by atoms with van der Waals surface area (Å²) in [4.78, 5) is 0. The Labute approximate surface area is 84.8 Å². The Hall–Kier alpha value is -1.34. The van der Waals surface area contributed by atoms with E-state index in [1.165, 1.54) is 23.7 Å². The summed E-state index contributed by atoms with van der Waals surface area (Å²) in [6, 6.07) is 3.24. The van der Waals surface area contributed by atoms with E-state index in [4.69, 9.17) is 0 Å². The number of sulfonamides is 1. The van der Waals surface area contributed by atoms with Gasteiger partial charge in [0.1, 0.15) is 4.21 Å². The number of nitrogens with one attached hydrogen (secondary N) is 2. The second kappa shape index (κ2) is 3.43. The first kappa shape index (κ1) is 9.22. The van der Waals surface area contributed by atoms with Crippen LogP contribution in [-0.4, -0.2) is 18.6 Å². The SMILES string of the molecule is O=S(=O)(Nc1cn[nH]c1)c1cccs1. The highest BCUT2D eigenvalue weighted by molar-refractivity contribution is 7.94. The van der Waals surface area contributed by atoms with Gasteiger partial charge in [-0.15, -0.1) is 11.3 Å². The molecule has 0 saturated carbocycles. The summed E-state index contributed by atoms with van der Waals surface area (Å²) < 4.78 is 25.9. The fraction of sp³-hybridized carbons (Fsp3) is 0. The summed E-state index contributed by atoms with van der Waals surface area (Å²) >= 11 is 1.17. The van der Waals surface area contributed by atoms with Crippen LogP contribution in [-0.2, 0) is 10.0 Å². The Morgan fingerprint density at radius 2 is 2.36 bits per heavy atom. The molecule has 2 heterocycles. The molecule has 2 N–H and O–H groups in total. The van der Waals surface area contributed by atoms with Gasteiger partial charge in [-0.1, -0.05) is 6.07 Å². The van der Waals surface area contributed by atoms with E-state index in [-0.39, 0.29) is 0 Å². The van der Waals surface area contributed by atoms with Crippen LogP contribution in [0, 0.1) is 0 Å². The third-order valence-electron chi connectivity index (χ3n) is 1.51. The second-order valence-corrected chi connectivity index (χ2v) is 5.38. The summed E-state index contributed by atoms with van der Waals surface area (Å²) in [5, 5.41) is 7.88. The van der Waals surface area contributed by atoms with E-state index in [1.807, 2.05) is 0 Å². The summed E-state index contributed by atoms with van der Waals surface area (Å²) in [5.41, 5.74) is 0.429. The molecule has 0 unspecified atom stereocenters. The van der Waals surface area contributed by atoms with Gasteiger partial charge in [-0.2, -0.15) is 5.10 Å². The van der Waals surface area contributed by atoms with Crippen molar-refractivity contribution >= 4 is 27.0 Å². The molecular weight excluding hydrogens is 222 g/mol. The maximum absolute atomic E-state index is 11.6. The summed E-state index contributed by atoms with van der Waals surface area (Å²) in [6.07, 6.45) is 2.89. The van der Waals surface area contributed by atoms with Crippen molar-refractivity contribution in [3.05, 3.63) is 29.9 Å². The van der Waals surface area contributed by atoms with Crippen molar-refractivity contribution in [3.63, 3.8) is 0 Å². The predicted molar refractivity (Wildman–Crippen MR) is 53.7 cm³/mol. The monoisotopic (exact) mass is 229 g/mol. The van der Waals surface area contributed by atoms with Gasteiger partial charge in [-0.3, -0.25) is 9.82 Å². The Morgan fingerprint density at radius 1 is 1.50 bits per heavy atom. The molecule has 0 amide bonds. The Morgan fingerprint density at radius 3 is 2.93 bits per heavy atom. The Kier molecular flexibility index (Phi) is 2.26. The molecule has 0 aliphatic heterocycles. The van der Waals surface area contributed by atoms with Gasteiger partial charge >= 0.3 is 0 Å². The number of H-pyrrole nitrogens is 1. The third-order valence-corrected chi connectivity index (χ3v) is 4.29. The highest BCUT2D eigenvalue weighted by Crippen LogP contribution is 2.18. The molecule has 2 aromatic rings. The van der Waals surface area contributed by atoms with Gasteiger partial charge in [0, 0.05) is 6.20 Å². The largest absolute Gasteiger partial charge is 0.284 e. The first-order chi connectivity index (χ1) is 6.68. The maximum Gasteiger partial charge on any atom is 0.271 e. The molecule has 14 heavy (non-hydrogen) atoms. The molecule has 7 heteroatoms. The van der Waals surface area contributed by atoms with Crippen LogP contribution in [0.4, 0.5) is 5.69 Å². The van der Waals surface area contributed by atoms with Crippen molar-refractivity contribution in [2.75, 3.05) is 4.72 Å². The molecule has 5 nitrogen and oxygen atoms in total. The van der Waals surface area contributed by atoms with Crippen LogP contribution in [0.25, 0.3) is 0 Å². The maximum atomic E-state index is 11.6. The van der Waals surface area contributed by atoms with Crippen LogP contribution in [0.3, 0.4) is 0 Å². The van der Waals surface area contributed by atoms with Crippen LogP contribution in [0.2, 0.25) is 0 Å². The van der Waals surface area contributed by atoms with Gasteiger partial charge in [0.15, 0.2) is 0 Å². The number of aromatic amines is 1. The summed E-state index contributed by atoms with van der Waals surface area (Å²) in [6.45, 7) is 0. The Bertz CT molecular complexity index is 487. The summed E-state index contributed by atoms with van der Waals surface area (Å²) in [5.74, 6) is 0. The van der Waals surface area contributed by atoms with Crippen molar-refractivity contribution in [3.8, 4) is 0 Å². The molecule has 0 saturated heterocycles. The van der Waals surface area contributed by atoms with Crippen LogP contribution < -0.4 is 4.72 Å². The molecule has 2 rings (SSSR count). The molecule has 0 atom stereocenters. The molecule has 0 radical (unpaired) electrons. The number of hydrogen-bond donors (Lipinski definition) is 2. The number of aromatic nitrogens is 2. The van der Waals surface area contributed by atoms with Gasteiger partial charge in [0.2, 0.25) is 0 Å². The van der Waals surface area contributed by atoms with Gasteiger partial charge in [-0.25, -0.2) is 8.42 Å². The van der Waals surface area contributed by atoms with E-state index < -0.39 is 10.0 Å². The molecule has 0 aliphatic rings. The van der Waals surface area contributed by atoms with Crippen LogP contribution in [0.5, 0.6) is 0 Å². The molecular formula is C7H7N3O2S2. The zero-order valence-corrected chi connectivity index (χ0v) is 8.60. The lowest BCUT2D eigenvalue weighted by Gasteiger charge is -2.01. The average Bonchev–Trinajstić information content (AvgIpc) is 2.71. The van der Waals surface area contributed by atoms with Crippen LogP contribution in [0.15, 0.2) is 34.1 Å². The normalized spacial score (nSPS) is 11.4. The fourth-order valence-electron chi connectivity index (χ4n) is 0.929. The lowest BCUT2D eigenvalue weighted by atomic mass is 10.6. The van der Waals surface area contributed by atoms with Crippen molar-refractivity contribution in [2.45, 2.75) is 4.21 Å². The van der Waals surface area contributed by atoms with Gasteiger partial charge in [-0.05, 0) is 11.4 Å². The average molecular weight is 229 g/mol. The van der Waals surface area contributed by atoms with E-state index in [1.54, 1.807) is 17.5 Å². The van der Waals surface area contributed by atoms with Crippen molar-refractivity contribution in [2.24, 2.45) is 0 Å². The van der Waals surface area contributed by atoms with Crippen LogP contribution >= 0.6 is 11.3 Å². The second-order valence-electron chi connectivity index (χ2n) is 2.52. The lowest BCUT2D eigenvalue weighted by molar-refractivity contribution is 0.603. The highest BCUT2D eigenvalue weighted by atomic mass is 32.2. The molecule has 0 aliphatic carbocycles. The van der Waals surface area contributed by atoms with Crippen molar-refractivity contribution < 1.29 is 8.42 Å².